The highest BCUT2D eigenvalue weighted by atomic mass is 32.2. The number of carbonyl (C=O) groups is 2. The van der Waals surface area contributed by atoms with Gasteiger partial charge in [0.15, 0.2) is 0 Å². The van der Waals surface area contributed by atoms with E-state index in [1.54, 1.807) is 84.9 Å². The number of urea groups is 2. The normalized spacial score (nSPS) is 11.3. The molecule has 0 spiro atoms. The van der Waals surface area contributed by atoms with Gasteiger partial charge in [0.05, 0.1) is 11.4 Å². The lowest BCUT2D eigenvalue weighted by atomic mass is 9.82. The summed E-state index contributed by atoms with van der Waals surface area (Å²) in [7, 11) is -4.15. The monoisotopic (exact) mass is 528 g/mol. The number of para-hydroxylation sites is 1. The number of hydrogen-bond donors (Lipinski definition) is 4. The molecule has 194 valence electrons. The van der Waals surface area contributed by atoms with Gasteiger partial charge in [-0.05, 0) is 42.3 Å². The fourth-order valence-corrected chi connectivity index (χ4v) is 4.94. The third kappa shape index (κ3) is 6.37. The first-order chi connectivity index (χ1) is 18.3. The van der Waals surface area contributed by atoms with Crippen LogP contribution in [-0.4, -0.2) is 27.0 Å². The topological polar surface area (TPSA) is 116 Å². The van der Waals surface area contributed by atoms with Gasteiger partial charge in [0.25, 0.3) is 10.0 Å². The fraction of sp³-hybridized carbons (Fsp3) is 0.103. The van der Waals surface area contributed by atoms with E-state index in [1.807, 2.05) is 25.1 Å². The van der Waals surface area contributed by atoms with Gasteiger partial charge in [-0.2, -0.15) is 0 Å². The van der Waals surface area contributed by atoms with Gasteiger partial charge >= 0.3 is 12.1 Å². The van der Waals surface area contributed by atoms with Crippen LogP contribution in [0.25, 0.3) is 0 Å². The van der Waals surface area contributed by atoms with Gasteiger partial charge in [-0.3, -0.25) is 0 Å². The minimum Gasteiger partial charge on any atom is -0.335 e. The van der Waals surface area contributed by atoms with E-state index in [9.17, 15) is 18.0 Å². The number of sulfonamides is 1. The highest BCUT2D eigenvalue weighted by Gasteiger charge is 2.37. The molecule has 0 aliphatic carbocycles. The third-order valence-electron chi connectivity index (χ3n) is 5.96. The first-order valence-electron chi connectivity index (χ1n) is 11.9. The van der Waals surface area contributed by atoms with Crippen molar-refractivity contribution in [2.75, 3.05) is 11.9 Å². The van der Waals surface area contributed by atoms with E-state index in [0.29, 0.717) is 16.8 Å². The number of anilines is 1. The highest BCUT2D eigenvalue weighted by Crippen LogP contribution is 2.29. The molecule has 0 saturated carbocycles. The molecule has 0 heterocycles. The van der Waals surface area contributed by atoms with Crippen molar-refractivity contribution >= 4 is 27.8 Å². The highest BCUT2D eigenvalue weighted by molar-refractivity contribution is 7.90. The Hall–Kier alpha value is -4.63. The predicted molar refractivity (Wildman–Crippen MR) is 147 cm³/mol. The lowest BCUT2D eigenvalue weighted by molar-refractivity contribution is 0.231. The van der Waals surface area contributed by atoms with E-state index in [2.05, 4.69) is 20.7 Å². The molecule has 0 radical (unpaired) electrons. The Balaban J connectivity index is 1.66. The maximum absolute atomic E-state index is 13.3. The quantitative estimate of drug-likeness (QED) is 0.264. The largest absolute Gasteiger partial charge is 0.335 e. The van der Waals surface area contributed by atoms with Gasteiger partial charge in [-0.25, -0.2) is 22.7 Å². The van der Waals surface area contributed by atoms with Gasteiger partial charge in [0.2, 0.25) is 0 Å². The standard InChI is InChI=1S/C29H28N4O4S/c1-22-17-19-26(20-18-22)38(36,37)33-28(35)32-29(23-11-5-2-6-12-23,24-13-7-3-8-14-24)21-30-27(34)31-25-15-9-4-10-16-25/h2-20H,21H2,1H3,(H2,30,31,34)(H2,32,33,35). The van der Waals surface area contributed by atoms with Crippen LogP contribution in [0.5, 0.6) is 0 Å². The molecule has 38 heavy (non-hydrogen) atoms. The SMILES string of the molecule is Cc1ccc(S(=O)(=O)NC(=O)NC(CNC(=O)Nc2ccccc2)(c2ccccc2)c2ccccc2)cc1. The summed E-state index contributed by atoms with van der Waals surface area (Å²) in [6, 6.07) is 31.8. The zero-order valence-electron chi connectivity index (χ0n) is 20.7. The van der Waals surface area contributed by atoms with Gasteiger partial charge in [-0.1, -0.05) is 96.6 Å². The molecule has 0 aliphatic heterocycles. The molecule has 0 aliphatic rings. The van der Waals surface area contributed by atoms with Gasteiger partial charge in [0, 0.05) is 5.69 Å². The summed E-state index contributed by atoms with van der Waals surface area (Å²) >= 11 is 0. The number of benzene rings is 4. The summed E-state index contributed by atoms with van der Waals surface area (Å²) in [5, 5.41) is 8.44. The first-order valence-corrected chi connectivity index (χ1v) is 13.4. The maximum atomic E-state index is 13.3. The Morgan fingerprint density at radius 3 is 1.71 bits per heavy atom. The van der Waals surface area contributed by atoms with E-state index in [0.717, 1.165) is 5.56 Å². The molecule has 0 bridgehead atoms. The summed E-state index contributed by atoms with van der Waals surface area (Å²) in [5.74, 6) is 0. The maximum Gasteiger partial charge on any atom is 0.329 e. The van der Waals surface area contributed by atoms with Crippen LogP contribution >= 0.6 is 0 Å². The van der Waals surface area contributed by atoms with Crippen LogP contribution in [0.4, 0.5) is 15.3 Å². The van der Waals surface area contributed by atoms with Crippen LogP contribution < -0.4 is 20.7 Å². The number of nitrogens with one attached hydrogen (secondary N) is 4. The number of aryl methyl sites for hydroxylation is 1. The summed E-state index contributed by atoms with van der Waals surface area (Å²) in [6.45, 7) is 1.77. The van der Waals surface area contributed by atoms with Crippen LogP contribution in [0.1, 0.15) is 16.7 Å². The molecule has 4 rings (SSSR count). The lowest BCUT2D eigenvalue weighted by Crippen LogP contribution is -2.57. The molecule has 0 saturated heterocycles. The first kappa shape index (κ1) is 26.4. The number of amides is 4. The van der Waals surface area contributed by atoms with Gasteiger partial charge in [-0.15, -0.1) is 0 Å². The Morgan fingerprint density at radius 2 is 1.18 bits per heavy atom. The second kappa shape index (κ2) is 11.6. The molecule has 0 unspecified atom stereocenters. The van der Waals surface area contributed by atoms with E-state index in [4.69, 9.17) is 0 Å². The molecule has 4 N–H and O–H groups in total. The van der Waals surface area contributed by atoms with Crippen LogP contribution in [0, 0.1) is 6.92 Å². The zero-order valence-corrected chi connectivity index (χ0v) is 21.5. The van der Waals surface area contributed by atoms with Crippen LogP contribution in [0.2, 0.25) is 0 Å². The second-order valence-electron chi connectivity index (χ2n) is 8.68. The van der Waals surface area contributed by atoms with Gasteiger partial charge < -0.3 is 16.0 Å². The zero-order chi connectivity index (χ0) is 27.0. The van der Waals surface area contributed by atoms with E-state index >= 15 is 0 Å². The summed E-state index contributed by atoms with van der Waals surface area (Å²) < 4.78 is 28.0. The molecule has 0 atom stereocenters. The van der Waals surface area contributed by atoms with Crippen molar-refractivity contribution in [3.8, 4) is 0 Å². The molecule has 9 heteroatoms. The van der Waals surface area contributed by atoms with Crippen LogP contribution in [0.3, 0.4) is 0 Å². The summed E-state index contributed by atoms with van der Waals surface area (Å²) in [6.07, 6.45) is 0. The van der Waals surface area contributed by atoms with Crippen molar-refractivity contribution in [3.05, 3.63) is 132 Å². The second-order valence-corrected chi connectivity index (χ2v) is 10.4. The molecule has 4 aromatic carbocycles. The van der Waals surface area contributed by atoms with Crippen LogP contribution in [0.15, 0.2) is 120 Å². The molecular formula is C29H28N4O4S. The Morgan fingerprint density at radius 1 is 0.684 bits per heavy atom. The summed E-state index contributed by atoms with van der Waals surface area (Å²) in [5.41, 5.74) is 1.48. The molecule has 4 aromatic rings. The molecule has 0 fully saturated rings. The number of carbonyl (C=O) groups excluding carboxylic acids is 2. The average molecular weight is 529 g/mol. The van der Waals surface area contributed by atoms with Crippen molar-refractivity contribution in [1.29, 1.82) is 0 Å². The molecule has 8 nitrogen and oxygen atoms in total. The van der Waals surface area contributed by atoms with E-state index < -0.39 is 27.6 Å². The number of rotatable bonds is 8. The molecular weight excluding hydrogens is 500 g/mol. The van der Waals surface area contributed by atoms with Crippen molar-refractivity contribution < 1.29 is 18.0 Å². The minimum absolute atomic E-state index is 0.0383. The van der Waals surface area contributed by atoms with E-state index in [1.165, 1.54) is 12.1 Å². The molecule has 4 amide bonds. The van der Waals surface area contributed by atoms with Crippen molar-refractivity contribution in [3.63, 3.8) is 0 Å². The van der Waals surface area contributed by atoms with Gasteiger partial charge in [0.1, 0.15) is 5.54 Å². The van der Waals surface area contributed by atoms with Crippen molar-refractivity contribution in [1.82, 2.24) is 15.4 Å². The molecule has 0 aromatic heterocycles. The third-order valence-corrected chi connectivity index (χ3v) is 7.31. The average Bonchev–Trinajstić information content (AvgIpc) is 2.92. The van der Waals surface area contributed by atoms with Crippen LogP contribution in [-0.2, 0) is 15.6 Å². The Bertz CT molecular complexity index is 1440. The van der Waals surface area contributed by atoms with E-state index in [-0.39, 0.29) is 11.4 Å². The van der Waals surface area contributed by atoms with Crippen molar-refractivity contribution in [2.45, 2.75) is 17.4 Å². The Labute approximate surface area is 222 Å². The van der Waals surface area contributed by atoms with Crippen molar-refractivity contribution in [2.24, 2.45) is 0 Å². The smallest absolute Gasteiger partial charge is 0.329 e. The Kier molecular flexibility index (Phi) is 8.08. The fourth-order valence-electron chi connectivity index (χ4n) is 4.03. The predicted octanol–water partition coefficient (Wildman–Crippen LogP) is 4.75. The lowest BCUT2D eigenvalue weighted by Gasteiger charge is -2.36. The summed E-state index contributed by atoms with van der Waals surface area (Å²) in [4.78, 5) is 26.0. The minimum atomic E-state index is -4.15. The number of hydrogen-bond acceptors (Lipinski definition) is 4.